The summed E-state index contributed by atoms with van der Waals surface area (Å²) in [7, 11) is 0. The van der Waals surface area contributed by atoms with Gasteiger partial charge in [0.25, 0.3) is 0 Å². The average molecular weight is 551 g/mol. The van der Waals surface area contributed by atoms with E-state index in [1.807, 2.05) is 37.3 Å². The predicted molar refractivity (Wildman–Crippen MR) is 131 cm³/mol. The molecule has 0 saturated heterocycles. The lowest BCUT2D eigenvalue weighted by molar-refractivity contribution is -0.137. The molecule has 1 unspecified atom stereocenters. The maximum absolute atomic E-state index is 13.2. The van der Waals surface area contributed by atoms with Crippen molar-refractivity contribution in [2.45, 2.75) is 19.5 Å². The van der Waals surface area contributed by atoms with Crippen LogP contribution in [0, 0.1) is 5.41 Å². The van der Waals surface area contributed by atoms with Crippen LogP contribution in [0.25, 0.3) is 0 Å². The van der Waals surface area contributed by atoms with Crippen LogP contribution in [0.5, 0.6) is 0 Å². The summed E-state index contributed by atoms with van der Waals surface area (Å²) in [5.41, 5.74) is 0.992. The molecule has 1 N–H and O–H groups in total. The van der Waals surface area contributed by atoms with E-state index in [0.717, 1.165) is 16.1 Å². The van der Waals surface area contributed by atoms with Gasteiger partial charge in [-0.15, -0.1) is 0 Å². The summed E-state index contributed by atoms with van der Waals surface area (Å²) in [6, 6.07) is 19.9. The number of urea groups is 1. The Balaban J connectivity index is 1.68. The Labute approximate surface area is 208 Å². The van der Waals surface area contributed by atoms with Gasteiger partial charge in [-0.05, 0) is 53.9 Å². The van der Waals surface area contributed by atoms with Crippen LogP contribution in [0.1, 0.15) is 23.6 Å². The number of carbonyl (C=O) groups excluding carboxylic acids is 1. The van der Waals surface area contributed by atoms with Gasteiger partial charge in [-0.25, -0.2) is 9.80 Å². The molecule has 0 aliphatic carbocycles. The molecule has 3 aromatic carbocycles. The normalized spacial score (nSPS) is 18.1. The van der Waals surface area contributed by atoms with Gasteiger partial charge in [0, 0.05) is 15.6 Å². The number of anilines is 1. The lowest BCUT2D eigenvalue weighted by atomic mass is 9.77. The number of carbonyl (C=O) groups is 1. The summed E-state index contributed by atoms with van der Waals surface area (Å²) < 4.78 is 40.5. The SMILES string of the molecule is CC1(Cc2ccccc2)CN(C(=O)Nc2ccc(Br)cc2)N=C1c1ccc(C(F)(F)F)c(Cl)c1. The van der Waals surface area contributed by atoms with Gasteiger partial charge in [-0.2, -0.15) is 18.3 Å². The molecule has 0 radical (unpaired) electrons. The largest absolute Gasteiger partial charge is 0.417 e. The molecule has 4 rings (SSSR count). The van der Waals surface area contributed by atoms with E-state index in [-0.39, 0.29) is 6.54 Å². The van der Waals surface area contributed by atoms with Gasteiger partial charge in [-0.3, -0.25) is 0 Å². The van der Waals surface area contributed by atoms with Crippen LogP contribution in [0.2, 0.25) is 5.02 Å². The number of benzene rings is 3. The Bertz CT molecular complexity index is 1230. The van der Waals surface area contributed by atoms with E-state index < -0.39 is 28.2 Å². The maximum atomic E-state index is 13.2. The molecule has 1 aliphatic heterocycles. The number of nitrogens with one attached hydrogen (secondary N) is 1. The van der Waals surface area contributed by atoms with Gasteiger partial charge in [0.2, 0.25) is 0 Å². The fraction of sp³-hybridized carbons (Fsp3) is 0.200. The van der Waals surface area contributed by atoms with E-state index >= 15 is 0 Å². The fourth-order valence-electron chi connectivity index (χ4n) is 4.01. The molecule has 0 fully saturated rings. The molecular formula is C25H20BrClF3N3O. The summed E-state index contributed by atoms with van der Waals surface area (Å²) in [4.78, 5) is 13.0. The summed E-state index contributed by atoms with van der Waals surface area (Å²) in [5.74, 6) is 0. The van der Waals surface area contributed by atoms with Gasteiger partial charge in [0.05, 0.1) is 22.8 Å². The van der Waals surface area contributed by atoms with Crippen LogP contribution < -0.4 is 5.32 Å². The van der Waals surface area contributed by atoms with Crippen LogP contribution in [-0.4, -0.2) is 23.3 Å². The number of hydrogen-bond acceptors (Lipinski definition) is 2. The molecule has 1 aliphatic rings. The molecule has 176 valence electrons. The first-order chi connectivity index (χ1) is 16.0. The number of hydrazone groups is 1. The number of amides is 2. The standard InChI is InChI=1S/C25H20BrClF3N3O/c1-24(14-16-5-3-2-4-6-16)15-33(23(34)31-19-10-8-18(26)9-11-19)32-22(24)17-7-12-20(21(27)13-17)25(28,29)30/h2-13H,14-15H2,1H3,(H,31,34). The van der Waals surface area contributed by atoms with E-state index in [0.29, 0.717) is 23.4 Å². The van der Waals surface area contributed by atoms with Crippen LogP contribution in [0.4, 0.5) is 23.7 Å². The number of halogens is 5. The molecule has 0 spiro atoms. The minimum Gasteiger partial charge on any atom is -0.306 e. The molecule has 0 saturated carbocycles. The van der Waals surface area contributed by atoms with Crippen LogP contribution in [0.3, 0.4) is 0 Å². The number of alkyl halides is 3. The zero-order chi connectivity index (χ0) is 24.5. The van der Waals surface area contributed by atoms with Gasteiger partial charge in [0.1, 0.15) is 0 Å². The van der Waals surface area contributed by atoms with E-state index in [2.05, 4.69) is 26.3 Å². The van der Waals surface area contributed by atoms with Crippen LogP contribution in [-0.2, 0) is 12.6 Å². The van der Waals surface area contributed by atoms with Crippen molar-refractivity contribution in [1.29, 1.82) is 0 Å². The fourth-order valence-corrected chi connectivity index (χ4v) is 4.56. The van der Waals surface area contributed by atoms with Crippen LogP contribution >= 0.6 is 27.5 Å². The Kier molecular flexibility index (Phi) is 6.73. The second kappa shape index (κ2) is 9.43. The number of nitrogens with zero attached hydrogens (tertiary/aromatic N) is 2. The van der Waals surface area contributed by atoms with Gasteiger partial charge >= 0.3 is 12.2 Å². The highest BCUT2D eigenvalue weighted by molar-refractivity contribution is 9.10. The molecule has 1 atom stereocenters. The average Bonchev–Trinajstić information content (AvgIpc) is 3.12. The third kappa shape index (κ3) is 5.28. The highest BCUT2D eigenvalue weighted by Crippen LogP contribution is 2.39. The number of hydrogen-bond donors (Lipinski definition) is 1. The van der Waals surface area contributed by atoms with Crippen molar-refractivity contribution in [2.24, 2.45) is 10.5 Å². The Morgan fingerprint density at radius 1 is 1.12 bits per heavy atom. The van der Waals surface area contributed by atoms with Gasteiger partial charge in [0.15, 0.2) is 0 Å². The molecule has 2 amide bonds. The lowest BCUT2D eigenvalue weighted by Crippen LogP contribution is -2.37. The van der Waals surface area contributed by atoms with Crippen molar-refractivity contribution in [2.75, 3.05) is 11.9 Å². The zero-order valence-electron chi connectivity index (χ0n) is 18.0. The first-order valence-corrected chi connectivity index (χ1v) is 11.6. The quantitative estimate of drug-likeness (QED) is 0.357. The van der Waals surface area contributed by atoms with Crippen molar-refractivity contribution in [1.82, 2.24) is 5.01 Å². The smallest absolute Gasteiger partial charge is 0.306 e. The van der Waals surface area contributed by atoms with Crippen molar-refractivity contribution < 1.29 is 18.0 Å². The van der Waals surface area contributed by atoms with Crippen LogP contribution in [0.15, 0.2) is 82.4 Å². The van der Waals surface area contributed by atoms with Gasteiger partial charge < -0.3 is 5.32 Å². The highest BCUT2D eigenvalue weighted by atomic mass is 79.9. The topological polar surface area (TPSA) is 44.7 Å². The second-order valence-corrected chi connectivity index (χ2v) is 9.68. The Morgan fingerprint density at radius 3 is 2.41 bits per heavy atom. The zero-order valence-corrected chi connectivity index (χ0v) is 20.4. The Morgan fingerprint density at radius 2 is 1.79 bits per heavy atom. The first-order valence-electron chi connectivity index (χ1n) is 10.4. The minimum absolute atomic E-state index is 0.248. The van der Waals surface area contributed by atoms with Crippen molar-refractivity contribution in [3.05, 3.63) is 99.0 Å². The predicted octanol–water partition coefficient (Wildman–Crippen LogP) is 7.62. The van der Waals surface area contributed by atoms with Crippen molar-refractivity contribution in [3.63, 3.8) is 0 Å². The molecule has 1 heterocycles. The third-order valence-electron chi connectivity index (χ3n) is 5.61. The highest BCUT2D eigenvalue weighted by Gasteiger charge is 2.42. The van der Waals surface area contributed by atoms with Crippen molar-refractivity contribution >= 4 is 45.0 Å². The molecule has 0 bridgehead atoms. The van der Waals surface area contributed by atoms with Crippen molar-refractivity contribution in [3.8, 4) is 0 Å². The molecular weight excluding hydrogens is 531 g/mol. The first kappa shape index (κ1) is 24.3. The monoisotopic (exact) mass is 549 g/mol. The lowest BCUT2D eigenvalue weighted by Gasteiger charge is -2.27. The minimum atomic E-state index is -4.56. The van der Waals surface area contributed by atoms with E-state index in [4.69, 9.17) is 11.6 Å². The summed E-state index contributed by atoms with van der Waals surface area (Å²) in [5, 5.41) is 8.25. The molecule has 0 aromatic heterocycles. The van der Waals surface area contributed by atoms with E-state index in [1.54, 1.807) is 24.3 Å². The van der Waals surface area contributed by atoms with E-state index in [9.17, 15) is 18.0 Å². The summed E-state index contributed by atoms with van der Waals surface area (Å²) >= 11 is 9.35. The maximum Gasteiger partial charge on any atom is 0.417 e. The summed E-state index contributed by atoms with van der Waals surface area (Å²) in [6.07, 6.45) is -4.02. The molecule has 4 nitrogen and oxygen atoms in total. The Hall–Kier alpha value is -2.84. The second-order valence-electron chi connectivity index (χ2n) is 8.36. The molecule has 9 heteroatoms. The van der Waals surface area contributed by atoms with Gasteiger partial charge in [-0.1, -0.05) is 70.9 Å². The third-order valence-corrected chi connectivity index (χ3v) is 6.45. The molecule has 3 aromatic rings. The summed E-state index contributed by atoms with van der Waals surface area (Å²) in [6.45, 7) is 2.19. The number of rotatable bonds is 4. The molecule has 34 heavy (non-hydrogen) atoms. The van der Waals surface area contributed by atoms with E-state index in [1.165, 1.54) is 17.1 Å².